The molecule has 0 bridgehead atoms. The van der Waals surface area contributed by atoms with E-state index in [1.807, 2.05) is 0 Å². The lowest BCUT2D eigenvalue weighted by molar-refractivity contribution is -0.385. The third-order valence-corrected chi connectivity index (χ3v) is 1.89. The maximum atomic E-state index is 13.0. The second kappa shape index (κ2) is 4.11. The number of nitrogens with two attached hydrogens (primary N) is 1. The van der Waals surface area contributed by atoms with Gasteiger partial charge in [-0.3, -0.25) is 14.9 Å². The van der Waals surface area contributed by atoms with Crippen molar-refractivity contribution in [3.8, 4) is 5.75 Å². The first-order valence-electron chi connectivity index (χ1n) is 3.99. The van der Waals surface area contributed by atoms with Gasteiger partial charge in [0.2, 0.25) is 0 Å². The van der Waals surface area contributed by atoms with Crippen LogP contribution in [0.15, 0.2) is 12.1 Å². The Hall–Kier alpha value is -2.22. The van der Waals surface area contributed by atoms with Crippen LogP contribution < -0.4 is 5.73 Å². The fourth-order valence-corrected chi connectivity index (χ4v) is 1.08. The van der Waals surface area contributed by atoms with Crippen LogP contribution in [0.5, 0.6) is 5.75 Å². The minimum atomic E-state index is -1.73. The molecular weight excluding hydrogens is 223 g/mol. The number of aliphatic carboxylic acids is 1. The predicted molar refractivity (Wildman–Crippen MR) is 49.3 cm³/mol. The van der Waals surface area contributed by atoms with E-state index in [4.69, 9.17) is 10.8 Å². The number of non-ortho nitro benzene ring substituents is 1. The van der Waals surface area contributed by atoms with Gasteiger partial charge in [0, 0.05) is 11.6 Å². The van der Waals surface area contributed by atoms with Gasteiger partial charge < -0.3 is 15.9 Å². The fraction of sp³-hybridized carbons (Fsp3) is 0.125. The minimum Gasteiger partial charge on any atom is -0.505 e. The van der Waals surface area contributed by atoms with Crippen molar-refractivity contribution in [2.75, 3.05) is 0 Å². The van der Waals surface area contributed by atoms with Gasteiger partial charge in [-0.05, 0) is 0 Å². The number of halogens is 1. The maximum absolute atomic E-state index is 13.0. The summed E-state index contributed by atoms with van der Waals surface area (Å²) >= 11 is 0. The minimum absolute atomic E-state index is 0.480. The largest absolute Gasteiger partial charge is 0.505 e. The number of carboxylic acids is 1. The molecule has 0 aromatic heterocycles. The SMILES string of the molecule is N[C@H](C(=O)O)c1cc([N+](=O)[O-])cc(F)c1O. The zero-order valence-corrected chi connectivity index (χ0v) is 7.75. The summed E-state index contributed by atoms with van der Waals surface area (Å²) in [6.07, 6.45) is 0. The van der Waals surface area contributed by atoms with Gasteiger partial charge in [0.1, 0.15) is 6.04 Å². The van der Waals surface area contributed by atoms with Crippen LogP contribution in [0.1, 0.15) is 11.6 Å². The van der Waals surface area contributed by atoms with Crippen molar-refractivity contribution < 1.29 is 24.3 Å². The topological polar surface area (TPSA) is 127 Å². The lowest BCUT2D eigenvalue weighted by Gasteiger charge is -2.09. The summed E-state index contributed by atoms with van der Waals surface area (Å²) in [5.74, 6) is -3.82. The first-order chi connectivity index (χ1) is 7.34. The Balaban J connectivity index is 3.37. The molecule has 0 spiro atoms. The molecule has 4 N–H and O–H groups in total. The number of benzene rings is 1. The van der Waals surface area contributed by atoms with E-state index >= 15 is 0 Å². The molecule has 0 unspecified atom stereocenters. The summed E-state index contributed by atoms with van der Waals surface area (Å²) in [5, 5.41) is 28.1. The lowest BCUT2D eigenvalue weighted by atomic mass is 10.1. The molecule has 1 atom stereocenters. The Labute approximate surface area is 88.1 Å². The summed E-state index contributed by atoms with van der Waals surface area (Å²) in [7, 11) is 0. The molecule has 0 heterocycles. The molecule has 0 amide bonds. The van der Waals surface area contributed by atoms with Gasteiger partial charge in [-0.15, -0.1) is 0 Å². The molecule has 0 aliphatic heterocycles. The maximum Gasteiger partial charge on any atom is 0.325 e. The predicted octanol–water partition coefficient (Wildman–Crippen LogP) is 0.524. The molecule has 0 aliphatic rings. The highest BCUT2D eigenvalue weighted by atomic mass is 19.1. The van der Waals surface area contributed by atoms with Crippen molar-refractivity contribution in [3.63, 3.8) is 0 Å². The highest BCUT2D eigenvalue weighted by Gasteiger charge is 2.24. The van der Waals surface area contributed by atoms with Crippen molar-refractivity contribution in [1.29, 1.82) is 0 Å². The van der Waals surface area contributed by atoms with Crippen LogP contribution in [0.25, 0.3) is 0 Å². The number of nitrogens with zero attached hydrogens (tertiary/aromatic N) is 1. The first kappa shape index (κ1) is 11.9. The zero-order valence-electron chi connectivity index (χ0n) is 7.75. The molecule has 0 aliphatic carbocycles. The van der Waals surface area contributed by atoms with Crippen LogP contribution >= 0.6 is 0 Å². The quantitative estimate of drug-likeness (QED) is 0.513. The van der Waals surface area contributed by atoms with Gasteiger partial charge in [-0.1, -0.05) is 0 Å². The molecular formula is C8H7FN2O5. The van der Waals surface area contributed by atoms with Crippen LogP contribution in [0.3, 0.4) is 0 Å². The van der Waals surface area contributed by atoms with Crippen LogP contribution in [0.2, 0.25) is 0 Å². The number of phenolic OH excluding ortho intramolecular Hbond substituents is 1. The highest BCUT2D eigenvalue weighted by molar-refractivity contribution is 5.76. The van der Waals surface area contributed by atoms with Crippen LogP contribution in [-0.4, -0.2) is 21.1 Å². The lowest BCUT2D eigenvalue weighted by Crippen LogP contribution is -2.21. The monoisotopic (exact) mass is 230 g/mol. The Morgan fingerprint density at radius 1 is 1.56 bits per heavy atom. The fourth-order valence-electron chi connectivity index (χ4n) is 1.08. The summed E-state index contributed by atoms with van der Waals surface area (Å²) in [6.45, 7) is 0. The highest BCUT2D eigenvalue weighted by Crippen LogP contribution is 2.30. The smallest absolute Gasteiger partial charge is 0.325 e. The van der Waals surface area contributed by atoms with Gasteiger partial charge in [0.15, 0.2) is 11.6 Å². The molecule has 16 heavy (non-hydrogen) atoms. The third-order valence-electron chi connectivity index (χ3n) is 1.89. The van der Waals surface area contributed by atoms with Crippen molar-refractivity contribution in [2.24, 2.45) is 5.73 Å². The number of aromatic hydroxyl groups is 1. The molecule has 1 rings (SSSR count). The van der Waals surface area contributed by atoms with Gasteiger partial charge in [-0.2, -0.15) is 0 Å². The van der Waals surface area contributed by atoms with E-state index in [-0.39, 0.29) is 0 Å². The van der Waals surface area contributed by atoms with Gasteiger partial charge in [0.05, 0.1) is 11.0 Å². The third kappa shape index (κ3) is 2.06. The van der Waals surface area contributed by atoms with Gasteiger partial charge in [-0.25, -0.2) is 4.39 Å². The normalized spacial score (nSPS) is 12.1. The Morgan fingerprint density at radius 3 is 2.56 bits per heavy atom. The van der Waals surface area contributed by atoms with Crippen molar-refractivity contribution in [3.05, 3.63) is 33.6 Å². The van der Waals surface area contributed by atoms with Gasteiger partial charge in [0.25, 0.3) is 5.69 Å². The zero-order chi connectivity index (χ0) is 12.5. The summed E-state index contributed by atoms with van der Waals surface area (Å²) in [6, 6.07) is -0.528. The molecule has 0 saturated heterocycles. The number of phenols is 1. The number of rotatable bonds is 3. The van der Waals surface area contributed by atoms with Gasteiger partial charge >= 0.3 is 5.97 Å². The molecule has 0 radical (unpaired) electrons. The summed E-state index contributed by atoms with van der Waals surface area (Å²) < 4.78 is 13.0. The van der Waals surface area contributed by atoms with Crippen molar-refractivity contribution in [2.45, 2.75) is 6.04 Å². The number of hydrogen-bond donors (Lipinski definition) is 3. The van der Waals surface area contributed by atoms with Crippen LogP contribution in [0.4, 0.5) is 10.1 Å². The Kier molecular flexibility index (Phi) is 3.04. The average Bonchev–Trinajstić information content (AvgIpc) is 2.20. The van der Waals surface area contributed by atoms with Crippen molar-refractivity contribution >= 4 is 11.7 Å². The molecule has 1 aromatic rings. The van der Waals surface area contributed by atoms with E-state index in [0.29, 0.717) is 6.07 Å². The van der Waals surface area contributed by atoms with E-state index in [0.717, 1.165) is 6.07 Å². The molecule has 0 fully saturated rings. The standard InChI is InChI=1S/C8H7FN2O5/c9-5-2-3(11(15)16)1-4(7(5)12)6(10)8(13)14/h1-2,6,12H,10H2,(H,13,14)/t6-/m0/s1. The van der Waals surface area contributed by atoms with E-state index in [1.54, 1.807) is 0 Å². The second-order valence-corrected chi connectivity index (χ2v) is 2.94. The van der Waals surface area contributed by atoms with Crippen LogP contribution in [-0.2, 0) is 4.79 Å². The average molecular weight is 230 g/mol. The van der Waals surface area contributed by atoms with Crippen LogP contribution in [0, 0.1) is 15.9 Å². The number of nitro benzene ring substituents is 1. The second-order valence-electron chi connectivity index (χ2n) is 2.94. The van der Waals surface area contributed by atoms with E-state index < -0.39 is 39.8 Å². The summed E-state index contributed by atoms with van der Waals surface area (Å²) in [5.41, 5.74) is 3.91. The molecule has 7 nitrogen and oxygen atoms in total. The molecule has 86 valence electrons. The number of nitro groups is 1. The van der Waals surface area contributed by atoms with E-state index in [9.17, 15) is 24.4 Å². The summed E-state index contributed by atoms with van der Waals surface area (Å²) in [4.78, 5) is 20.0. The number of hydrogen-bond acceptors (Lipinski definition) is 5. The Morgan fingerprint density at radius 2 is 2.12 bits per heavy atom. The molecule has 1 aromatic carbocycles. The number of carbonyl (C=O) groups is 1. The molecule has 8 heteroatoms. The Bertz CT molecular complexity index is 462. The first-order valence-corrected chi connectivity index (χ1v) is 3.99. The van der Waals surface area contributed by atoms with Crippen molar-refractivity contribution in [1.82, 2.24) is 0 Å². The van der Waals surface area contributed by atoms with E-state index in [2.05, 4.69) is 0 Å². The number of carboxylic acid groups (broad SMARTS) is 1. The molecule has 0 saturated carbocycles. The van der Waals surface area contributed by atoms with E-state index in [1.165, 1.54) is 0 Å².